The van der Waals surface area contributed by atoms with E-state index in [2.05, 4.69) is 58.1 Å². The SMILES string of the molecule is CCNC(=NCc1nnc2n1CCCCC2)NC(C)C(C)C. The van der Waals surface area contributed by atoms with Gasteiger partial charge in [-0.3, -0.25) is 0 Å². The second-order valence-corrected chi connectivity index (χ2v) is 6.37. The second kappa shape index (κ2) is 8.15. The van der Waals surface area contributed by atoms with Crippen molar-refractivity contribution < 1.29 is 0 Å². The van der Waals surface area contributed by atoms with Crippen molar-refractivity contribution in [3.63, 3.8) is 0 Å². The molecule has 22 heavy (non-hydrogen) atoms. The van der Waals surface area contributed by atoms with Crippen LogP contribution in [0.3, 0.4) is 0 Å². The molecular weight excluding hydrogens is 276 g/mol. The Labute approximate surface area is 133 Å². The molecule has 1 aliphatic heterocycles. The van der Waals surface area contributed by atoms with Gasteiger partial charge in [0.15, 0.2) is 11.8 Å². The molecule has 1 aromatic heterocycles. The molecule has 0 aliphatic carbocycles. The minimum atomic E-state index is 0.383. The number of nitrogens with zero attached hydrogens (tertiary/aromatic N) is 4. The van der Waals surface area contributed by atoms with Gasteiger partial charge in [0, 0.05) is 25.6 Å². The third-order valence-electron chi connectivity index (χ3n) is 4.27. The third kappa shape index (κ3) is 4.45. The molecule has 6 heteroatoms. The molecule has 2 N–H and O–H groups in total. The van der Waals surface area contributed by atoms with E-state index in [4.69, 9.17) is 0 Å². The van der Waals surface area contributed by atoms with Crippen LogP contribution in [0.4, 0.5) is 0 Å². The highest BCUT2D eigenvalue weighted by Crippen LogP contribution is 2.14. The molecule has 0 amide bonds. The van der Waals surface area contributed by atoms with E-state index in [0.29, 0.717) is 18.5 Å². The van der Waals surface area contributed by atoms with Gasteiger partial charge in [0.05, 0.1) is 0 Å². The van der Waals surface area contributed by atoms with E-state index in [1.165, 1.54) is 19.3 Å². The molecule has 0 radical (unpaired) electrons. The van der Waals surface area contributed by atoms with E-state index >= 15 is 0 Å². The average molecular weight is 306 g/mol. The van der Waals surface area contributed by atoms with Crippen LogP contribution in [0, 0.1) is 5.92 Å². The lowest BCUT2D eigenvalue weighted by Crippen LogP contribution is -2.44. The fourth-order valence-corrected chi connectivity index (χ4v) is 2.51. The molecular formula is C16H30N6. The zero-order valence-electron chi connectivity index (χ0n) is 14.4. The van der Waals surface area contributed by atoms with Crippen LogP contribution in [0.15, 0.2) is 4.99 Å². The van der Waals surface area contributed by atoms with Crippen LogP contribution < -0.4 is 10.6 Å². The van der Waals surface area contributed by atoms with E-state index in [1.54, 1.807) is 0 Å². The van der Waals surface area contributed by atoms with Crippen molar-refractivity contribution in [2.45, 2.75) is 72.5 Å². The summed E-state index contributed by atoms with van der Waals surface area (Å²) in [6.07, 6.45) is 4.75. The maximum atomic E-state index is 4.69. The molecule has 0 aromatic carbocycles. The predicted octanol–water partition coefficient (Wildman–Crippen LogP) is 2.10. The van der Waals surface area contributed by atoms with Crippen LogP contribution in [0.25, 0.3) is 0 Å². The first-order valence-electron chi connectivity index (χ1n) is 8.57. The number of hydrogen-bond acceptors (Lipinski definition) is 3. The summed E-state index contributed by atoms with van der Waals surface area (Å²) in [5.41, 5.74) is 0. The maximum Gasteiger partial charge on any atom is 0.191 e. The Hall–Kier alpha value is -1.59. The highest BCUT2D eigenvalue weighted by Gasteiger charge is 2.15. The van der Waals surface area contributed by atoms with Crippen LogP contribution in [0.1, 0.15) is 58.6 Å². The lowest BCUT2D eigenvalue weighted by molar-refractivity contribution is 0.480. The van der Waals surface area contributed by atoms with E-state index in [-0.39, 0.29) is 0 Å². The van der Waals surface area contributed by atoms with Crippen molar-refractivity contribution in [2.24, 2.45) is 10.9 Å². The van der Waals surface area contributed by atoms with Crippen molar-refractivity contribution in [1.82, 2.24) is 25.4 Å². The number of aryl methyl sites for hydroxylation is 1. The molecule has 1 aromatic rings. The Morgan fingerprint density at radius 1 is 1.23 bits per heavy atom. The molecule has 1 unspecified atom stereocenters. The zero-order chi connectivity index (χ0) is 15.9. The van der Waals surface area contributed by atoms with Crippen LogP contribution in [-0.2, 0) is 19.5 Å². The summed E-state index contributed by atoms with van der Waals surface area (Å²) in [6.45, 7) is 11.1. The minimum absolute atomic E-state index is 0.383. The number of aromatic nitrogens is 3. The number of hydrogen-bond donors (Lipinski definition) is 2. The predicted molar refractivity (Wildman–Crippen MR) is 89.8 cm³/mol. The van der Waals surface area contributed by atoms with Crippen molar-refractivity contribution >= 4 is 5.96 Å². The van der Waals surface area contributed by atoms with Crippen LogP contribution in [0.5, 0.6) is 0 Å². The van der Waals surface area contributed by atoms with Crippen LogP contribution in [-0.4, -0.2) is 33.3 Å². The summed E-state index contributed by atoms with van der Waals surface area (Å²) in [5, 5.41) is 15.4. The van der Waals surface area contributed by atoms with Gasteiger partial charge >= 0.3 is 0 Å². The summed E-state index contributed by atoms with van der Waals surface area (Å²) in [6, 6.07) is 0.383. The normalized spacial score (nSPS) is 17.0. The highest BCUT2D eigenvalue weighted by atomic mass is 15.3. The van der Waals surface area contributed by atoms with Crippen LogP contribution >= 0.6 is 0 Å². The van der Waals surface area contributed by atoms with E-state index in [0.717, 1.165) is 37.1 Å². The average Bonchev–Trinajstić information content (AvgIpc) is 2.72. The monoisotopic (exact) mass is 306 g/mol. The van der Waals surface area contributed by atoms with E-state index < -0.39 is 0 Å². The van der Waals surface area contributed by atoms with Gasteiger partial charge in [-0.15, -0.1) is 10.2 Å². The Balaban J connectivity index is 2.05. The quantitative estimate of drug-likeness (QED) is 0.646. The van der Waals surface area contributed by atoms with Gasteiger partial charge in [-0.25, -0.2) is 4.99 Å². The molecule has 0 saturated heterocycles. The molecule has 0 saturated carbocycles. The van der Waals surface area contributed by atoms with Gasteiger partial charge in [-0.05, 0) is 32.6 Å². The first kappa shape index (κ1) is 16.8. The Morgan fingerprint density at radius 2 is 2.05 bits per heavy atom. The number of guanidine groups is 1. The lowest BCUT2D eigenvalue weighted by Gasteiger charge is -2.20. The second-order valence-electron chi connectivity index (χ2n) is 6.37. The molecule has 0 spiro atoms. The molecule has 1 aliphatic rings. The highest BCUT2D eigenvalue weighted by molar-refractivity contribution is 5.80. The van der Waals surface area contributed by atoms with Crippen molar-refractivity contribution in [3.05, 3.63) is 11.6 Å². The van der Waals surface area contributed by atoms with Gasteiger partial charge in [0.25, 0.3) is 0 Å². The number of nitrogens with one attached hydrogen (secondary N) is 2. The van der Waals surface area contributed by atoms with Gasteiger partial charge in [-0.1, -0.05) is 20.3 Å². The number of rotatable bonds is 5. The smallest absolute Gasteiger partial charge is 0.191 e. The molecule has 0 bridgehead atoms. The standard InChI is InChI=1S/C16H30N6/c1-5-17-16(19-13(4)12(2)3)18-11-15-21-20-14-9-7-6-8-10-22(14)15/h12-13H,5-11H2,1-4H3,(H2,17,18,19). The maximum absolute atomic E-state index is 4.69. The molecule has 2 rings (SSSR count). The van der Waals surface area contributed by atoms with Gasteiger partial charge in [0.1, 0.15) is 12.4 Å². The zero-order valence-corrected chi connectivity index (χ0v) is 14.4. The summed E-state index contributed by atoms with van der Waals surface area (Å²) in [7, 11) is 0. The largest absolute Gasteiger partial charge is 0.357 e. The molecule has 2 heterocycles. The molecule has 124 valence electrons. The molecule has 0 fully saturated rings. The lowest BCUT2D eigenvalue weighted by atomic mass is 10.1. The topological polar surface area (TPSA) is 67.1 Å². The number of fused-ring (bicyclic) bond motifs is 1. The van der Waals surface area contributed by atoms with Crippen molar-refractivity contribution in [2.75, 3.05) is 6.54 Å². The Kier molecular flexibility index (Phi) is 6.21. The summed E-state index contributed by atoms with van der Waals surface area (Å²) >= 11 is 0. The van der Waals surface area contributed by atoms with Gasteiger partial charge in [-0.2, -0.15) is 0 Å². The first-order chi connectivity index (χ1) is 10.6. The summed E-state index contributed by atoms with van der Waals surface area (Å²) in [5.74, 6) is 3.52. The Morgan fingerprint density at radius 3 is 2.77 bits per heavy atom. The molecule has 6 nitrogen and oxygen atoms in total. The van der Waals surface area contributed by atoms with Crippen molar-refractivity contribution in [1.29, 1.82) is 0 Å². The van der Waals surface area contributed by atoms with E-state index in [9.17, 15) is 0 Å². The fourth-order valence-electron chi connectivity index (χ4n) is 2.51. The van der Waals surface area contributed by atoms with Gasteiger partial charge < -0.3 is 15.2 Å². The fraction of sp³-hybridized carbons (Fsp3) is 0.812. The van der Waals surface area contributed by atoms with Crippen LogP contribution in [0.2, 0.25) is 0 Å². The number of aliphatic imine (C=N–C) groups is 1. The van der Waals surface area contributed by atoms with Gasteiger partial charge in [0.2, 0.25) is 0 Å². The van der Waals surface area contributed by atoms with Crippen molar-refractivity contribution in [3.8, 4) is 0 Å². The third-order valence-corrected chi connectivity index (χ3v) is 4.27. The summed E-state index contributed by atoms with van der Waals surface area (Å²) < 4.78 is 2.26. The minimum Gasteiger partial charge on any atom is -0.357 e. The molecule has 1 atom stereocenters. The Bertz CT molecular complexity index is 491. The first-order valence-corrected chi connectivity index (χ1v) is 8.57. The van der Waals surface area contributed by atoms with E-state index in [1.807, 2.05) is 0 Å². The summed E-state index contributed by atoms with van der Waals surface area (Å²) in [4.78, 5) is 4.69.